The smallest absolute Gasteiger partial charge is 0.330 e. The molecule has 0 unspecified atom stereocenters. The molecule has 0 atom stereocenters. The molecular weight excluding hydrogens is 376 g/mol. The molecule has 30 heavy (non-hydrogen) atoms. The highest BCUT2D eigenvalue weighted by atomic mass is 16.5. The fraction of sp³-hybridized carbons (Fsp3) is 0.423. The van der Waals surface area contributed by atoms with Gasteiger partial charge in [0.1, 0.15) is 11.5 Å². The second-order valence-corrected chi connectivity index (χ2v) is 9.23. The number of methoxy groups -OCH3 is 1. The predicted octanol–water partition coefficient (Wildman–Crippen LogP) is 5.99. The molecule has 0 amide bonds. The largest absolute Gasteiger partial charge is 0.507 e. The standard InChI is InChI=1S/C26H32O4/c1-7-30-23(28)11-9-17-8-10-21(27)19(14-17)18-15-20-24(22(16-18)29-6)26(4,5)13-12-25(20,2)3/h8-11,14-16,27H,7,12-13H2,1-6H3/b11-9+. The van der Waals surface area contributed by atoms with Crippen LogP contribution < -0.4 is 4.74 Å². The van der Waals surface area contributed by atoms with Crippen LogP contribution in [0.5, 0.6) is 11.5 Å². The van der Waals surface area contributed by atoms with Crippen LogP contribution in [0.15, 0.2) is 36.4 Å². The number of benzene rings is 2. The minimum absolute atomic E-state index is 0.0190. The first-order valence-corrected chi connectivity index (χ1v) is 10.5. The highest BCUT2D eigenvalue weighted by molar-refractivity contribution is 5.87. The van der Waals surface area contributed by atoms with E-state index < -0.39 is 0 Å². The third-order valence-corrected chi connectivity index (χ3v) is 6.13. The average Bonchev–Trinajstić information content (AvgIpc) is 2.70. The number of fused-ring (bicyclic) bond motifs is 1. The van der Waals surface area contributed by atoms with Crippen molar-refractivity contribution in [3.63, 3.8) is 0 Å². The Morgan fingerprint density at radius 1 is 1.10 bits per heavy atom. The highest BCUT2D eigenvalue weighted by Gasteiger charge is 2.39. The van der Waals surface area contributed by atoms with Crippen molar-refractivity contribution in [3.8, 4) is 22.6 Å². The van der Waals surface area contributed by atoms with Crippen molar-refractivity contribution < 1.29 is 19.4 Å². The lowest BCUT2D eigenvalue weighted by atomic mass is 9.62. The van der Waals surface area contributed by atoms with Gasteiger partial charge < -0.3 is 14.6 Å². The molecule has 2 aromatic carbocycles. The third kappa shape index (κ3) is 4.23. The zero-order chi connectivity index (χ0) is 22.1. The molecule has 0 spiro atoms. The zero-order valence-electron chi connectivity index (χ0n) is 18.8. The summed E-state index contributed by atoms with van der Waals surface area (Å²) in [6.45, 7) is 11.2. The van der Waals surface area contributed by atoms with Crippen LogP contribution in [-0.2, 0) is 20.4 Å². The molecule has 3 rings (SSSR count). The molecule has 0 fully saturated rings. The summed E-state index contributed by atoms with van der Waals surface area (Å²) in [6, 6.07) is 9.51. The summed E-state index contributed by atoms with van der Waals surface area (Å²) in [6.07, 6.45) is 5.29. The van der Waals surface area contributed by atoms with E-state index in [9.17, 15) is 9.90 Å². The van der Waals surface area contributed by atoms with Crippen LogP contribution in [0.2, 0.25) is 0 Å². The summed E-state index contributed by atoms with van der Waals surface area (Å²) in [7, 11) is 1.70. The molecule has 0 bridgehead atoms. The van der Waals surface area contributed by atoms with Crippen LogP contribution in [0.25, 0.3) is 17.2 Å². The molecule has 1 aliphatic rings. The average molecular weight is 409 g/mol. The summed E-state index contributed by atoms with van der Waals surface area (Å²) in [5.74, 6) is 0.664. The van der Waals surface area contributed by atoms with Gasteiger partial charge in [0, 0.05) is 17.2 Å². The third-order valence-electron chi connectivity index (χ3n) is 6.13. The molecule has 4 heteroatoms. The lowest BCUT2D eigenvalue weighted by molar-refractivity contribution is -0.137. The van der Waals surface area contributed by atoms with Gasteiger partial charge in [0.25, 0.3) is 0 Å². The van der Waals surface area contributed by atoms with Gasteiger partial charge >= 0.3 is 5.97 Å². The Kier molecular flexibility index (Phi) is 5.98. The van der Waals surface area contributed by atoms with Gasteiger partial charge in [-0.3, -0.25) is 0 Å². The number of hydrogen-bond acceptors (Lipinski definition) is 4. The predicted molar refractivity (Wildman–Crippen MR) is 121 cm³/mol. The fourth-order valence-electron chi connectivity index (χ4n) is 4.29. The number of hydrogen-bond donors (Lipinski definition) is 1. The van der Waals surface area contributed by atoms with E-state index in [1.807, 2.05) is 12.1 Å². The molecular formula is C26H32O4. The fourth-order valence-corrected chi connectivity index (χ4v) is 4.29. The SMILES string of the molecule is CCOC(=O)/C=C/c1ccc(O)c(-c2cc(OC)c3c(c2)C(C)(C)CCC3(C)C)c1. The number of ether oxygens (including phenoxy) is 2. The van der Waals surface area contributed by atoms with Crippen molar-refractivity contribution in [3.05, 3.63) is 53.1 Å². The van der Waals surface area contributed by atoms with E-state index >= 15 is 0 Å². The van der Waals surface area contributed by atoms with Crippen LogP contribution in [-0.4, -0.2) is 24.8 Å². The van der Waals surface area contributed by atoms with Crippen molar-refractivity contribution in [1.29, 1.82) is 0 Å². The quantitative estimate of drug-likeness (QED) is 0.487. The van der Waals surface area contributed by atoms with E-state index in [1.54, 1.807) is 32.2 Å². The Balaban J connectivity index is 2.13. The second kappa shape index (κ2) is 8.17. The van der Waals surface area contributed by atoms with Gasteiger partial charge in [-0.25, -0.2) is 4.79 Å². The van der Waals surface area contributed by atoms with Crippen LogP contribution in [0.3, 0.4) is 0 Å². The van der Waals surface area contributed by atoms with Crippen molar-refractivity contribution in [2.24, 2.45) is 0 Å². The van der Waals surface area contributed by atoms with E-state index in [2.05, 4.69) is 33.8 Å². The highest BCUT2D eigenvalue weighted by Crippen LogP contribution is 2.51. The Hall–Kier alpha value is -2.75. The number of rotatable bonds is 5. The lowest BCUT2D eigenvalue weighted by Crippen LogP contribution is -2.34. The molecule has 0 heterocycles. The zero-order valence-corrected chi connectivity index (χ0v) is 18.8. The molecule has 160 valence electrons. The Morgan fingerprint density at radius 2 is 1.80 bits per heavy atom. The van der Waals surface area contributed by atoms with Gasteiger partial charge in [0.05, 0.1) is 13.7 Å². The molecule has 4 nitrogen and oxygen atoms in total. The van der Waals surface area contributed by atoms with Crippen molar-refractivity contribution in [2.45, 2.75) is 58.3 Å². The maximum absolute atomic E-state index is 11.6. The van der Waals surface area contributed by atoms with Crippen LogP contribution in [0.4, 0.5) is 0 Å². The number of esters is 1. The number of aromatic hydroxyl groups is 1. The molecule has 0 saturated carbocycles. The number of phenolic OH excluding ortho intramolecular Hbond substituents is 1. The van der Waals surface area contributed by atoms with Gasteiger partial charge in [-0.2, -0.15) is 0 Å². The van der Waals surface area contributed by atoms with E-state index in [-0.39, 0.29) is 22.5 Å². The molecule has 1 N–H and O–H groups in total. The van der Waals surface area contributed by atoms with E-state index in [4.69, 9.17) is 9.47 Å². The van der Waals surface area contributed by atoms with E-state index in [0.29, 0.717) is 12.2 Å². The van der Waals surface area contributed by atoms with E-state index in [0.717, 1.165) is 29.7 Å². The number of carbonyl (C=O) groups excluding carboxylic acids is 1. The molecule has 0 aromatic heterocycles. The Morgan fingerprint density at radius 3 is 2.47 bits per heavy atom. The van der Waals surface area contributed by atoms with E-state index in [1.165, 1.54) is 17.2 Å². The first kappa shape index (κ1) is 21.9. The van der Waals surface area contributed by atoms with Gasteiger partial charge in [-0.15, -0.1) is 0 Å². The summed E-state index contributed by atoms with van der Waals surface area (Å²) in [4.78, 5) is 11.6. The van der Waals surface area contributed by atoms with Crippen molar-refractivity contribution >= 4 is 12.0 Å². The van der Waals surface area contributed by atoms with Crippen LogP contribution in [0.1, 0.15) is 64.2 Å². The molecule has 0 saturated heterocycles. The first-order valence-electron chi connectivity index (χ1n) is 10.5. The number of carbonyl (C=O) groups is 1. The maximum atomic E-state index is 11.6. The summed E-state index contributed by atoms with van der Waals surface area (Å²) < 4.78 is 10.8. The van der Waals surface area contributed by atoms with Crippen LogP contribution in [0, 0.1) is 0 Å². The molecule has 0 aliphatic heterocycles. The van der Waals surface area contributed by atoms with Crippen molar-refractivity contribution in [1.82, 2.24) is 0 Å². The minimum atomic E-state index is -0.383. The first-order chi connectivity index (χ1) is 14.1. The topological polar surface area (TPSA) is 55.8 Å². The summed E-state index contributed by atoms with van der Waals surface area (Å²) in [5, 5.41) is 10.6. The second-order valence-electron chi connectivity index (χ2n) is 9.23. The Bertz CT molecular complexity index is 983. The number of phenols is 1. The minimum Gasteiger partial charge on any atom is -0.507 e. The van der Waals surface area contributed by atoms with Gasteiger partial charge in [0.2, 0.25) is 0 Å². The summed E-state index contributed by atoms with van der Waals surface area (Å²) >= 11 is 0. The Labute approximate surface area is 179 Å². The monoisotopic (exact) mass is 408 g/mol. The van der Waals surface area contributed by atoms with Gasteiger partial charge in [-0.1, -0.05) is 33.8 Å². The maximum Gasteiger partial charge on any atom is 0.330 e. The summed E-state index contributed by atoms with van der Waals surface area (Å²) in [5.41, 5.74) is 4.99. The normalized spacial score (nSPS) is 16.9. The molecule has 2 aromatic rings. The lowest BCUT2D eigenvalue weighted by Gasteiger charge is -2.42. The van der Waals surface area contributed by atoms with Crippen molar-refractivity contribution in [2.75, 3.05) is 13.7 Å². The molecule has 0 radical (unpaired) electrons. The molecule has 1 aliphatic carbocycles. The van der Waals surface area contributed by atoms with Gasteiger partial charge in [-0.05, 0) is 77.6 Å². The van der Waals surface area contributed by atoms with Crippen LogP contribution >= 0.6 is 0 Å². The van der Waals surface area contributed by atoms with Gasteiger partial charge in [0.15, 0.2) is 0 Å².